The Labute approximate surface area is 463 Å². The first-order valence-corrected chi connectivity index (χ1v) is 28.5. The summed E-state index contributed by atoms with van der Waals surface area (Å²) in [6, 6.07) is 0. The molecule has 8 rings (SSSR count). The van der Waals surface area contributed by atoms with E-state index in [4.69, 9.17) is 37.9 Å². The highest BCUT2D eigenvalue weighted by molar-refractivity contribution is 5.88. The summed E-state index contributed by atoms with van der Waals surface area (Å²) in [5.74, 6) is -1.60. The molecule has 21 heteroatoms. The van der Waals surface area contributed by atoms with Crippen molar-refractivity contribution in [1.82, 2.24) is 0 Å². The van der Waals surface area contributed by atoms with Gasteiger partial charge in [-0.1, -0.05) is 72.3 Å². The predicted octanol–water partition coefficient (Wildman–Crippen LogP) is 1.59. The van der Waals surface area contributed by atoms with Crippen LogP contribution in [0.3, 0.4) is 0 Å². The first kappa shape index (κ1) is 62.5. The van der Waals surface area contributed by atoms with E-state index in [-0.39, 0.29) is 23.7 Å². The number of carbonyl (C=O) groups is 2. The number of fused-ring (bicyclic) bond motifs is 7. The van der Waals surface area contributed by atoms with Gasteiger partial charge in [-0.3, -0.25) is 0 Å². The molecule has 0 bridgehead atoms. The molecule has 3 aliphatic heterocycles. The van der Waals surface area contributed by atoms with E-state index in [9.17, 15) is 65.8 Å². The topological polar surface area (TPSA) is 331 Å². The fourth-order valence-corrected chi connectivity index (χ4v) is 16.3. The second-order valence-corrected chi connectivity index (χ2v) is 26.4. The highest BCUT2D eigenvalue weighted by Crippen LogP contribution is 2.76. The highest BCUT2D eigenvalue weighted by atomic mass is 16.8. The van der Waals surface area contributed by atoms with Crippen molar-refractivity contribution in [2.24, 2.45) is 50.2 Å². The van der Waals surface area contributed by atoms with Gasteiger partial charge in [-0.2, -0.15) is 0 Å². The summed E-state index contributed by atoms with van der Waals surface area (Å²) >= 11 is 0. The van der Waals surface area contributed by atoms with Gasteiger partial charge in [-0.05, 0) is 119 Å². The molecule has 0 spiro atoms. The first-order chi connectivity index (χ1) is 36.9. The molecule has 0 radical (unpaired) electrons. The van der Waals surface area contributed by atoms with Gasteiger partial charge >= 0.3 is 11.9 Å². The lowest BCUT2D eigenvalue weighted by Gasteiger charge is -2.72. The second kappa shape index (κ2) is 22.8. The Balaban J connectivity index is 1.12. The molecule has 0 unspecified atom stereocenters. The van der Waals surface area contributed by atoms with Crippen LogP contribution in [0.5, 0.6) is 0 Å². The van der Waals surface area contributed by atoms with Crippen LogP contribution in [-0.4, -0.2) is 204 Å². The lowest BCUT2D eigenvalue weighted by atomic mass is 9.33. The number of aliphatic hydroxyl groups is 11. The van der Waals surface area contributed by atoms with E-state index in [1.807, 2.05) is 13.8 Å². The molecule has 3 saturated heterocycles. The zero-order valence-corrected chi connectivity index (χ0v) is 48.0. The van der Waals surface area contributed by atoms with Crippen molar-refractivity contribution in [1.29, 1.82) is 0 Å². The Morgan fingerprint density at radius 3 is 1.76 bits per heavy atom. The van der Waals surface area contributed by atoms with Crippen LogP contribution in [0.15, 0.2) is 34.9 Å². The molecule has 5 aliphatic carbocycles. The van der Waals surface area contributed by atoms with Crippen molar-refractivity contribution in [2.75, 3.05) is 19.8 Å². The smallest absolute Gasteiger partial charge is 0.333 e. The van der Waals surface area contributed by atoms with Gasteiger partial charge in [-0.25, -0.2) is 9.59 Å². The first-order valence-electron chi connectivity index (χ1n) is 28.5. The molecule has 3 heterocycles. The largest absolute Gasteiger partial charge is 0.454 e. The van der Waals surface area contributed by atoms with Gasteiger partial charge in [0.2, 0.25) is 0 Å². The van der Waals surface area contributed by atoms with Crippen LogP contribution < -0.4 is 0 Å². The minimum absolute atomic E-state index is 0.00336. The number of allylic oxidation sites excluding steroid dienone is 4. The quantitative estimate of drug-likeness (QED) is 0.0540. The Kier molecular flexibility index (Phi) is 18.1. The molecule has 450 valence electrons. The number of ether oxygens (including phenoxy) is 8. The third-order valence-electron chi connectivity index (χ3n) is 21.6. The number of rotatable bonds is 13. The molecule has 7 fully saturated rings. The molecule has 21 nitrogen and oxygen atoms in total. The number of hydrogen-bond acceptors (Lipinski definition) is 21. The number of carbonyl (C=O) groups excluding carboxylic acids is 2. The van der Waals surface area contributed by atoms with Crippen LogP contribution >= 0.6 is 0 Å². The van der Waals surface area contributed by atoms with E-state index in [1.165, 1.54) is 6.92 Å². The highest BCUT2D eigenvalue weighted by Gasteiger charge is 2.74. The average molecular weight is 1130 g/mol. The zero-order valence-electron chi connectivity index (χ0n) is 48.0. The van der Waals surface area contributed by atoms with Crippen LogP contribution in [0.25, 0.3) is 0 Å². The summed E-state index contributed by atoms with van der Waals surface area (Å²) in [4.78, 5) is 27.4. The normalized spacial score (nSPS) is 49.7. The van der Waals surface area contributed by atoms with Crippen LogP contribution in [0, 0.1) is 50.2 Å². The van der Waals surface area contributed by atoms with E-state index in [2.05, 4.69) is 40.7 Å². The summed E-state index contributed by atoms with van der Waals surface area (Å²) in [6.07, 6.45) is -18.9. The minimum atomic E-state index is -1.91. The molecule has 26 atom stereocenters. The summed E-state index contributed by atoms with van der Waals surface area (Å²) < 4.78 is 50.2. The van der Waals surface area contributed by atoms with Gasteiger partial charge < -0.3 is 94.1 Å². The maximum atomic E-state index is 13.8. The molecular weight excluding hydrogens is 1030 g/mol. The van der Waals surface area contributed by atoms with Crippen LogP contribution in [0.2, 0.25) is 0 Å². The zero-order chi connectivity index (χ0) is 58.4. The van der Waals surface area contributed by atoms with Crippen molar-refractivity contribution in [3.63, 3.8) is 0 Å². The third kappa shape index (κ3) is 10.1. The molecule has 0 aromatic heterocycles. The van der Waals surface area contributed by atoms with Crippen molar-refractivity contribution in [2.45, 2.75) is 245 Å². The van der Waals surface area contributed by atoms with Gasteiger partial charge in [0.05, 0.1) is 43.5 Å². The van der Waals surface area contributed by atoms with Crippen molar-refractivity contribution < 1.29 is 104 Å². The van der Waals surface area contributed by atoms with Gasteiger partial charge in [0.15, 0.2) is 25.0 Å². The van der Waals surface area contributed by atoms with E-state index in [0.29, 0.717) is 36.8 Å². The fourth-order valence-electron chi connectivity index (χ4n) is 16.3. The van der Waals surface area contributed by atoms with Crippen LogP contribution in [0.1, 0.15) is 128 Å². The molecule has 8 aliphatic rings. The monoisotopic (exact) mass is 1120 g/mol. The van der Waals surface area contributed by atoms with Crippen molar-refractivity contribution >= 4 is 11.9 Å². The summed E-state index contributed by atoms with van der Waals surface area (Å²) in [5.41, 5.74) is -2.40. The second-order valence-electron chi connectivity index (χ2n) is 26.4. The van der Waals surface area contributed by atoms with Crippen molar-refractivity contribution in [3.8, 4) is 0 Å². The van der Waals surface area contributed by atoms with Gasteiger partial charge in [-0.15, -0.1) is 0 Å². The van der Waals surface area contributed by atoms with Crippen molar-refractivity contribution in [3.05, 3.63) is 34.9 Å². The van der Waals surface area contributed by atoms with Crippen LogP contribution in [0.4, 0.5) is 0 Å². The van der Waals surface area contributed by atoms with Crippen LogP contribution in [-0.2, 0) is 47.5 Å². The Morgan fingerprint density at radius 1 is 0.633 bits per heavy atom. The van der Waals surface area contributed by atoms with Gasteiger partial charge in [0.1, 0.15) is 73.2 Å². The maximum Gasteiger partial charge on any atom is 0.333 e. The number of esters is 2. The lowest BCUT2D eigenvalue weighted by Crippen LogP contribution is -2.72. The third-order valence-corrected chi connectivity index (χ3v) is 21.6. The standard InChI is InChI=1S/C58H92O21/c1-13-26(3)48(70)78-46-47(79-49(71)27(4)14-2)58(25-61)30(21-53(46,6)7)29-15-16-34-55(10)19-18-36(54(8,9)33(55)17-20-56(34,11)57(29,12)22-35(58)62)75-52-45(77-51-43(69)41(67)38(64)31(23-59)73-51)44(39(65)32(24-60)74-52)76-50-42(68)40(66)37(63)28(5)72-50/h13-15,28,30-47,50-52,59-69H,16-25H2,1-12H3/t28-,30+,31+,32+,33-,34+,35+,36-,37-,38-,39+,40+,41-,42+,43+,44-,45+,46-,47-,50+,51-,52-,55-,56+,57+,58-/m0/s1. The summed E-state index contributed by atoms with van der Waals surface area (Å²) in [5, 5.41) is 122. The number of aliphatic hydroxyl groups excluding tert-OH is 11. The summed E-state index contributed by atoms with van der Waals surface area (Å²) in [6.45, 7) is 21.2. The maximum absolute atomic E-state index is 13.8. The number of hydrogen-bond donors (Lipinski definition) is 11. The Hall–Kier alpha value is -2.52. The van der Waals surface area contributed by atoms with E-state index < -0.39 is 181 Å². The Bertz CT molecular complexity index is 2300. The average Bonchev–Trinajstić information content (AvgIpc) is 1.74. The molecule has 79 heavy (non-hydrogen) atoms. The van der Waals surface area contributed by atoms with E-state index >= 15 is 0 Å². The van der Waals surface area contributed by atoms with Gasteiger partial charge in [0.25, 0.3) is 0 Å². The molecular formula is C58H92O21. The molecule has 4 saturated carbocycles. The lowest BCUT2D eigenvalue weighted by molar-refractivity contribution is -0.398. The summed E-state index contributed by atoms with van der Waals surface area (Å²) in [7, 11) is 0. The van der Waals surface area contributed by atoms with E-state index in [0.717, 1.165) is 18.4 Å². The van der Waals surface area contributed by atoms with E-state index in [1.54, 1.807) is 39.8 Å². The van der Waals surface area contributed by atoms with Gasteiger partial charge in [0, 0.05) is 16.6 Å². The molecule has 0 aromatic rings. The molecule has 0 amide bonds. The molecule has 0 aromatic carbocycles. The predicted molar refractivity (Wildman–Crippen MR) is 279 cm³/mol. The SMILES string of the molecule is CC=C(C)C(=O)O[C@H]1[C@H](OC(=O)C(C)=CC)[C@]2(CO)[C@H](O)C[C@]3(C)C(=CC[C@@H]4[C@@]5(C)CC[C@H](O[C@@H]6O[C@H](CO)[C@@H](O)[C@H](O[C@H]7O[C@@H](C)[C@H](O)[C@@H](O)[C@H]7O)[C@H]6O[C@@H]6O[C@H](CO)[C@H](O)[C@H](O)[C@H]6O)C(C)(C)[C@@H]5CC[C@]43C)[C@H]2CC1(C)C. The molecule has 11 N–H and O–H groups in total. The fraction of sp³-hybridized carbons (Fsp3) is 0.862. The Morgan fingerprint density at radius 2 is 1.18 bits per heavy atom. The minimum Gasteiger partial charge on any atom is -0.454 e.